The number of rotatable bonds is 2. The second-order valence-electron chi connectivity index (χ2n) is 2.10. The van der Waals surface area contributed by atoms with Crippen LogP contribution in [-0.4, -0.2) is 14.2 Å². The van der Waals surface area contributed by atoms with E-state index in [1.54, 1.807) is 14.2 Å². The molecule has 0 bridgehead atoms. The van der Waals surface area contributed by atoms with Crippen molar-refractivity contribution in [1.29, 1.82) is 0 Å². The monoisotopic (exact) mass is 294 g/mol. The summed E-state index contributed by atoms with van der Waals surface area (Å²) in [7, 11) is 3.25. The molecule has 2 nitrogen and oxygen atoms in total. The van der Waals surface area contributed by atoms with Crippen molar-refractivity contribution in [1.82, 2.24) is 0 Å². The van der Waals surface area contributed by atoms with Crippen LogP contribution in [0.5, 0.6) is 11.5 Å². The van der Waals surface area contributed by atoms with E-state index in [0.29, 0.717) is 0 Å². The molecule has 0 atom stereocenters. The van der Waals surface area contributed by atoms with Gasteiger partial charge in [-0.2, -0.15) is 0 Å². The average molecular weight is 296 g/mol. The number of hydrogen-bond donors (Lipinski definition) is 0. The fraction of sp³-hybridized carbons (Fsp3) is 0.250. The van der Waals surface area contributed by atoms with Crippen molar-refractivity contribution in [2.24, 2.45) is 0 Å². The van der Waals surface area contributed by atoms with Crippen molar-refractivity contribution in [2.45, 2.75) is 0 Å². The molecule has 4 heteroatoms. The van der Waals surface area contributed by atoms with Crippen molar-refractivity contribution in [2.75, 3.05) is 14.2 Å². The first-order chi connectivity index (χ1) is 5.70. The lowest BCUT2D eigenvalue weighted by molar-refractivity contribution is 0.398. The van der Waals surface area contributed by atoms with Gasteiger partial charge in [-0.3, -0.25) is 0 Å². The summed E-state index contributed by atoms with van der Waals surface area (Å²) in [5.41, 5.74) is 0. The standard InChI is InChI=1S/C8H8Br2O2/c1-11-5-3-4-6(12-2)8(10)7(5)9/h3-4H,1-2H3. The van der Waals surface area contributed by atoms with Gasteiger partial charge in [0.05, 0.1) is 23.2 Å². The highest BCUT2D eigenvalue weighted by Crippen LogP contribution is 2.38. The van der Waals surface area contributed by atoms with Gasteiger partial charge in [-0.1, -0.05) is 0 Å². The van der Waals surface area contributed by atoms with Gasteiger partial charge in [0.15, 0.2) is 0 Å². The molecule has 0 aliphatic heterocycles. The quantitative estimate of drug-likeness (QED) is 0.834. The van der Waals surface area contributed by atoms with Gasteiger partial charge in [-0.15, -0.1) is 0 Å². The molecule has 0 aliphatic rings. The van der Waals surface area contributed by atoms with Gasteiger partial charge in [0.25, 0.3) is 0 Å². The largest absolute Gasteiger partial charge is 0.496 e. The van der Waals surface area contributed by atoms with E-state index in [4.69, 9.17) is 9.47 Å². The Morgan fingerprint density at radius 2 is 1.25 bits per heavy atom. The van der Waals surface area contributed by atoms with Crippen molar-refractivity contribution < 1.29 is 9.47 Å². The van der Waals surface area contributed by atoms with Gasteiger partial charge in [0.2, 0.25) is 0 Å². The van der Waals surface area contributed by atoms with Gasteiger partial charge < -0.3 is 9.47 Å². The first-order valence-corrected chi connectivity index (χ1v) is 4.85. The maximum absolute atomic E-state index is 5.09. The van der Waals surface area contributed by atoms with E-state index in [1.807, 2.05) is 12.1 Å². The second-order valence-corrected chi connectivity index (χ2v) is 3.68. The SMILES string of the molecule is COc1ccc(OC)c(Br)c1Br. The Morgan fingerprint density at radius 3 is 1.50 bits per heavy atom. The number of benzene rings is 1. The molecule has 0 heterocycles. The minimum absolute atomic E-state index is 0.780. The van der Waals surface area contributed by atoms with E-state index in [0.717, 1.165) is 20.4 Å². The highest BCUT2D eigenvalue weighted by molar-refractivity contribution is 9.13. The average Bonchev–Trinajstić information content (AvgIpc) is 2.10. The Balaban J connectivity index is 3.20. The summed E-state index contributed by atoms with van der Waals surface area (Å²) >= 11 is 6.76. The molecule has 0 N–H and O–H groups in total. The number of halogens is 2. The lowest BCUT2D eigenvalue weighted by Gasteiger charge is -2.08. The molecule has 1 aromatic carbocycles. The van der Waals surface area contributed by atoms with Crippen LogP contribution in [0.15, 0.2) is 21.1 Å². The van der Waals surface area contributed by atoms with Crippen LogP contribution >= 0.6 is 31.9 Å². The zero-order valence-corrected chi connectivity index (χ0v) is 9.90. The zero-order valence-electron chi connectivity index (χ0n) is 6.73. The van der Waals surface area contributed by atoms with Crippen LogP contribution in [0.3, 0.4) is 0 Å². The Kier molecular flexibility index (Phi) is 3.40. The maximum Gasteiger partial charge on any atom is 0.134 e. The van der Waals surface area contributed by atoms with E-state index in [2.05, 4.69) is 31.9 Å². The molecule has 0 fully saturated rings. The summed E-state index contributed by atoms with van der Waals surface area (Å²) in [5.74, 6) is 1.56. The molecule has 1 rings (SSSR count). The molecule has 0 saturated heterocycles. The number of ether oxygens (including phenoxy) is 2. The molecular weight excluding hydrogens is 288 g/mol. The van der Waals surface area contributed by atoms with Gasteiger partial charge in [0.1, 0.15) is 11.5 Å². The highest BCUT2D eigenvalue weighted by atomic mass is 79.9. The lowest BCUT2D eigenvalue weighted by Crippen LogP contribution is -1.88. The first kappa shape index (κ1) is 9.86. The summed E-state index contributed by atoms with van der Waals surface area (Å²) < 4.78 is 11.9. The summed E-state index contributed by atoms with van der Waals surface area (Å²) in [5, 5.41) is 0. The normalized spacial score (nSPS) is 9.67. The molecule has 66 valence electrons. The molecule has 0 aromatic heterocycles. The molecular formula is C8H8Br2O2. The van der Waals surface area contributed by atoms with Crippen molar-refractivity contribution in [3.63, 3.8) is 0 Å². The van der Waals surface area contributed by atoms with Gasteiger partial charge >= 0.3 is 0 Å². The van der Waals surface area contributed by atoms with Crippen LogP contribution in [0, 0.1) is 0 Å². The number of hydrogen-bond acceptors (Lipinski definition) is 2. The highest BCUT2D eigenvalue weighted by Gasteiger charge is 2.08. The molecule has 0 aliphatic carbocycles. The third-order valence-electron chi connectivity index (χ3n) is 1.45. The van der Waals surface area contributed by atoms with E-state index in [9.17, 15) is 0 Å². The zero-order chi connectivity index (χ0) is 9.14. The number of methoxy groups -OCH3 is 2. The fourth-order valence-corrected chi connectivity index (χ4v) is 1.81. The van der Waals surface area contributed by atoms with E-state index < -0.39 is 0 Å². The third-order valence-corrected chi connectivity index (χ3v) is 3.56. The smallest absolute Gasteiger partial charge is 0.134 e. The summed E-state index contributed by atoms with van der Waals surface area (Å²) in [6, 6.07) is 3.68. The molecule has 0 radical (unpaired) electrons. The van der Waals surface area contributed by atoms with Crippen LogP contribution in [-0.2, 0) is 0 Å². The van der Waals surface area contributed by atoms with Crippen LogP contribution < -0.4 is 9.47 Å². The van der Waals surface area contributed by atoms with Crippen molar-refractivity contribution in [3.05, 3.63) is 21.1 Å². The minimum atomic E-state index is 0.780. The third kappa shape index (κ3) is 1.75. The van der Waals surface area contributed by atoms with Gasteiger partial charge in [-0.05, 0) is 44.0 Å². The van der Waals surface area contributed by atoms with Gasteiger partial charge in [-0.25, -0.2) is 0 Å². The van der Waals surface area contributed by atoms with Crippen molar-refractivity contribution in [3.8, 4) is 11.5 Å². The Bertz CT molecular complexity index is 258. The molecule has 0 amide bonds. The molecule has 12 heavy (non-hydrogen) atoms. The Morgan fingerprint density at radius 1 is 0.917 bits per heavy atom. The summed E-state index contributed by atoms with van der Waals surface area (Å²) in [4.78, 5) is 0. The van der Waals surface area contributed by atoms with E-state index in [-0.39, 0.29) is 0 Å². The summed E-state index contributed by atoms with van der Waals surface area (Å²) in [6.07, 6.45) is 0. The van der Waals surface area contributed by atoms with Crippen LogP contribution in [0.4, 0.5) is 0 Å². The molecule has 0 saturated carbocycles. The van der Waals surface area contributed by atoms with E-state index >= 15 is 0 Å². The van der Waals surface area contributed by atoms with Crippen LogP contribution in [0.25, 0.3) is 0 Å². The maximum atomic E-state index is 5.09. The Labute approximate surface area is 88.1 Å². The Hall–Kier alpha value is -0.220. The van der Waals surface area contributed by atoms with Gasteiger partial charge in [0, 0.05) is 0 Å². The first-order valence-electron chi connectivity index (χ1n) is 3.26. The molecule has 1 aromatic rings. The van der Waals surface area contributed by atoms with Crippen molar-refractivity contribution >= 4 is 31.9 Å². The second kappa shape index (κ2) is 4.14. The predicted molar refractivity (Wildman–Crippen MR) is 54.9 cm³/mol. The lowest BCUT2D eigenvalue weighted by atomic mass is 10.3. The predicted octanol–water partition coefficient (Wildman–Crippen LogP) is 3.23. The van der Waals surface area contributed by atoms with Crippen LogP contribution in [0.2, 0.25) is 0 Å². The summed E-state index contributed by atoms with van der Waals surface area (Å²) in [6.45, 7) is 0. The molecule has 0 spiro atoms. The minimum Gasteiger partial charge on any atom is -0.496 e. The van der Waals surface area contributed by atoms with Crippen LogP contribution in [0.1, 0.15) is 0 Å². The topological polar surface area (TPSA) is 18.5 Å². The molecule has 0 unspecified atom stereocenters. The fourth-order valence-electron chi connectivity index (χ4n) is 0.829. The van der Waals surface area contributed by atoms with E-state index in [1.165, 1.54) is 0 Å².